The minimum atomic E-state index is -0.388. The Morgan fingerprint density at radius 3 is 1.83 bits per heavy atom. The van der Waals surface area contributed by atoms with Crippen LogP contribution in [0.25, 0.3) is 0 Å². The van der Waals surface area contributed by atoms with Gasteiger partial charge in [-0.05, 0) is 60.7 Å². The molecule has 152 valence electrons. The van der Waals surface area contributed by atoms with E-state index in [9.17, 15) is 14.4 Å². The summed E-state index contributed by atoms with van der Waals surface area (Å²) in [5, 5.41) is 10.7. The molecule has 0 fully saturated rings. The van der Waals surface area contributed by atoms with Gasteiger partial charge in [-0.25, -0.2) is 4.79 Å². The summed E-state index contributed by atoms with van der Waals surface area (Å²) in [6.07, 6.45) is 0. The topological polar surface area (TPSA) is 99.3 Å². The van der Waals surface area contributed by atoms with Crippen molar-refractivity contribution in [3.05, 3.63) is 88.9 Å². The number of para-hydroxylation sites is 1. The van der Waals surface area contributed by atoms with Gasteiger partial charge in [-0.3, -0.25) is 9.59 Å². The lowest BCUT2D eigenvalue weighted by atomic mass is 10.2. The standard InChI is InChI=1S/C22H19BrN4O3/c23-16-8-12-18(13-9-16)25-20(28)14-24-21(29)15-6-10-19(11-7-15)27-22(30)26-17-4-2-1-3-5-17/h1-13H,14H2,(H,24,29)(H,25,28)(H2,26,27,30). The first-order valence-electron chi connectivity index (χ1n) is 9.06. The van der Waals surface area contributed by atoms with E-state index in [1.807, 2.05) is 30.3 Å². The van der Waals surface area contributed by atoms with Crippen LogP contribution in [0.4, 0.5) is 21.9 Å². The van der Waals surface area contributed by atoms with Crippen LogP contribution < -0.4 is 21.3 Å². The lowest BCUT2D eigenvalue weighted by Gasteiger charge is -2.09. The van der Waals surface area contributed by atoms with E-state index in [0.717, 1.165) is 4.47 Å². The van der Waals surface area contributed by atoms with Gasteiger partial charge in [-0.1, -0.05) is 34.1 Å². The zero-order valence-electron chi connectivity index (χ0n) is 15.8. The van der Waals surface area contributed by atoms with Gasteiger partial charge in [0.2, 0.25) is 5.91 Å². The van der Waals surface area contributed by atoms with Crippen LogP contribution >= 0.6 is 15.9 Å². The van der Waals surface area contributed by atoms with Gasteiger partial charge in [0.15, 0.2) is 0 Å². The molecule has 30 heavy (non-hydrogen) atoms. The van der Waals surface area contributed by atoms with Crippen molar-refractivity contribution in [1.29, 1.82) is 0 Å². The molecule has 0 aliphatic heterocycles. The molecule has 0 bridgehead atoms. The second-order valence-corrected chi connectivity index (χ2v) is 7.18. The molecule has 3 aromatic rings. The van der Waals surface area contributed by atoms with Gasteiger partial charge in [-0.2, -0.15) is 0 Å². The fourth-order valence-electron chi connectivity index (χ4n) is 2.52. The van der Waals surface area contributed by atoms with Crippen LogP contribution in [0.2, 0.25) is 0 Å². The molecule has 0 spiro atoms. The zero-order valence-corrected chi connectivity index (χ0v) is 17.4. The highest BCUT2D eigenvalue weighted by molar-refractivity contribution is 9.10. The van der Waals surface area contributed by atoms with E-state index in [4.69, 9.17) is 0 Å². The van der Waals surface area contributed by atoms with Gasteiger partial charge in [0, 0.05) is 27.1 Å². The SMILES string of the molecule is O=C(CNC(=O)c1ccc(NC(=O)Nc2ccccc2)cc1)Nc1ccc(Br)cc1. The van der Waals surface area contributed by atoms with Crippen molar-refractivity contribution in [3.8, 4) is 0 Å². The molecule has 0 aliphatic carbocycles. The van der Waals surface area contributed by atoms with Crippen molar-refractivity contribution in [3.63, 3.8) is 0 Å². The van der Waals surface area contributed by atoms with Gasteiger partial charge in [-0.15, -0.1) is 0 Å². The molecule has 0 aromatic heterocycles. The van der Waals surface area contributed by atoms with Crippen LogP contribution in [-0.2, 0) is 4.79 Å². The van der Waals surface area contributed by atoms with Gasteiger partial charge in [0.25, 0.3) is 5.91 Å². The first kappa shape index (κ1) is 21.1. The predicted octanol–water partition coefficient (Wildman–Crippen LogP) is 4.46. The first-order valence-corrected chi connectivity index (χ1v) is 9.85. The summed E-state index contributed by atoms with van der Waals surface area (Å²) in [5.41, 5.74) is 2.22. The number of benzene rings is 3. The van der Waals surface area contributed by atoms with Crippen LogP contribution in [0.15, 0.2) is 83.3 Å². The number of carbonyl (C=O) groups excluding carboxylic acids is 3. The second-order valence-electron chi connectivity index (χ2n) is 6.26. The summed E-state index contributed by atoms with van der Waals surface area (Å²) in [7, 11) is 0. The highest BCUT2D eigenvalue weighted by Gasteiger charge is 2.09. The summed E-state index contributed by atoms with van der Waals surface area (Å²) in [6, 6.07) is 22.2. The van der Waals surface area contributed by atoms with Crippen LogP contribution in [0, 0.1) is 0 Å². The molecule has 0 radical (unpaired) electrons. The minimum absolute atomic E-state index is 0.158. The maximum atomic E-state index is 12.2. The van der Waals surface area contributed by atoms with Crippen LogP contribution in [0.1, 0.15) is 10.4 Å². The van der Waals surface area contributed by atoms with Crippen molar-refractivity contribution < 1.29 is 14.4 Å². The molecular formula is C22H19BrN4O3. The largest absolute Gasteiger partial charge is 0.343 e. The third kappa shape index (κ3) is 6.46. The predicted molar refractivity (Wildman–Crippen MR) is 121 cm³/mol. The van der Waals surface area contributed by atoms with Crippen LogP contribution in [0.5, 0.6) is 0 Å². The number of hydrogen-bond donors (Lipinski definition) is 4. The summed E-state index contributed by atoms with van der Waals surface area (Å²) in [4.78, 5) is 36.2. The van der Waals surface area contributed by atoms with Crippen molar-refractivity contribution in [2.45, 2.75) is 0 Å². The number of carbonyl (C=O) groups is 3. The summed E-state index contributed by atoms with van der Waals surface area (Å²) in [6.45, 7) is -0.158. The van der Waals surface area contributed by atoms with Gasteiger partial charge in [0.05, 0.1) is 6.54 Å². The van der Waals surface area contributed by atoms with Gasteiger partial charge < -0.3 is 21.3 Å². The van der Waals surface area contributed by atoms with E-state index in [0.29, 0.717) is 22.6 Å². The molecular weight excluding hydrogens is 448 g/mol. The van der Waals surface area contributed by atoms with Crippen molar-refractivity contribution in [1.82, 2.24) is 5.32 Å². The second kappa shape index (κ2) is 10.2. The molecule has 3 aromatic carbocycles. The maximum Gasteiger partial charge on any atom is 0.323 e. The Kier molecular flexibility index (Phi) is 7.18. The molecule has 3 rings (SSSR count). The minimum Gasteiger partial charge on any atom is -0.343 e. The summed E-state index contributed by atoms with van der Waals surface area (Å²) < 4.78 is 0.907. The monoisotopic (exact) mass is 466 g/mol. The molecule has 0 unspecified atom stereocenters. The molecule has 0 saturated heterocycles. The lowest BCUT2D eigenvalue weighted by molar-refractivity contribution is -0.115. The summed E-state index contributed by atoms with van der Waals surface area (Å²) >= 11 is 3.32. The average molecular weight is 467 g/mol. The summed E-state index contributed by atoms with van der Waals surface area (Å²) in [5.74, 6) is -0.720. The fourth-order valence-corrected chi connectivity index (χ4v) is 2.79. The number of anilines is 3. The Balaban J connectivity index is 1.46. The van der Waals surface area contributed by atoms with E-state index < -0.39 is 0 Å². The van der Waals surface area contributed by atoms with Gasteiger partial charge in [0.1, 0.15) is 0 Å². The zero-order chi connectivity index (χ0) is 21.3. The van der Waals surface area contributed by atoms with Crippen molar-refractivity contribution >= 4 is 50.8 Å². The Labute approximate surface area is 182 Å². The molecule has 7 nitrogen and oxygen atoms in total. The number of nitrogens with one attached hydrogen (secondary N) is 4. The maximum absolute atomic E-state index is 12.2. The van der Waals surface area contributed by atoms with E-state index in [2.05, 4.69) is 37.2 Å². The molecule has 0 heterocycles. The van der Waals surface area contributed by atoms with Crippen LogP contribution in [-0.4, -0.2) is 24.4 Å². The van der Waals surface area contributed by atoms with Crippen LogP contribution in [0.3, 0.4) is 0 Å². The van der Waals surface area contributed by atoms with E-state index in [-0.39, 0.29) is 24.4 Å². The first-order chi connectivity index (χ1) is 14.5. The number of rotatable bonds is 6. The highest BCUT2D eigenvalue weighted by atomic mass is 79.9. The number of halogens is 1. The smallest absolute Gasteiger partial charge is 0.323 e. The Hall–Kier alpha value is -3.65. The van der Waals surface area contributed by atoms with Gasteiger partial charge >= 0.3 is 6.03 Å². The number of urea groups is 1. The number of hydrogen-bond acceptors (Lipinski definition) is 3. The Morgan fingerprint density at radius 1 is 0.667 bits per heavy atom. The molecule has 0 atom stereocenters. The van der Waals surface area contributed by atoms with Crippen molar-refractivity contribution in [2.75, 3.05) is 22.5 Å². The van der Waals surface area contributed by atoms with E-state index in [1.165, 1.54) is 0 Å². The number of amides is 4. The lowest BCUT2D eigenvalue weighted by Crippen LogP contribution is -2.32. The normalized spacial score (nSPS) is 10.0. The fraction of sp³-hybridized carbons (Fsp3) is 0.0455. The third-order valence-electron chi connectivity index (χ3n) is 3.97. The van der Waals surface area contributed by atoms with E-state index in [1.54, 1.807) is 48.5 Å². The quantitative estimate of drug-likeness (QED) is 0.431. The average Bonchev–Trinajstić information content (AvgIpc) is 2.75. The third-order valence-corrected chi connectivity index (χ3v) is 4.50. The van der Waals surface area contributed by atoms with E-state index >= 15 is 0 Å². The Bertz CT molecular complexity index is 1020. The molecule has 0 aliphatic rings. The Morgan fingerprint density at radius 2 is 1.20 bits per heavy atom. The highest BCUT2D eigenvalue weighted by Crippen LogP contribution is 2.14. The molecule has 4 N–H and O–H groups in total. The molecule has 8 heteroatoms. The molecule has 0 saturated carbocycles. The molecule has 4 amide bonds. The van der Waals surface area contributed by atoms with Crippen molar-refractivity contribution in [2.24, 2.45) is 0 Å².